The summed E-state index contributed by atoms with van der Waals surface area (Å²) in [5.74, 6) is 0.450. The maximum Gasteiger partial charge on any atom is 0.201 e. The molecule has 0 amide bonds. The van der Waals surface area contributed by atoms with Crippen LogP contribution in [0.5, 0.6) is 0 Å². The number of pyridine rings is 3. The molecule has 0 spiro atoms. The van der Waals surface area contributed by atoms with Gasteiger partial charge in [-0.25, -0.2) is 9.97 Å². The summed E-state index contributed by atoms with van der Waals surface area (Å²) in [5, 5.41) is 9.82. The first kappa shape index (κ1) is 16.1. The first-order chi connectivity index (χ1) is 13.9. The van der Waals surface area contributed by atoms with Crippen molar-refractivity contribution in [2.75, 3.05) is 0 Å². The molecule has 0 unspecified atom stereocenters. The van der Waals surface area contributed by atoms with E-state index in [-0.39, 0.29) is 0 Å². The lowest BCUT2D eigenvalue weighted by atomic mass is 10.1. The maximum absolute atomic E-state index is 4.76. The zero-order valence-electron chi connectivity index (χ0n) is 14.8. The molecule has 0 saturated carbocycles. The minimum Gasteiger partial charge on any atom is -0.255 e. The minimum atomic E-state index is 0.450. The zero-order chi connectivity index (χ0) is 18.8. The second kappa shape index (κ2) is 6.92. The summed E-state index contributed by atoms with van der Waals surface area (Å²) < 4.78 is 0. The normalized spacial score (nSPS) is 10.9. The summed E-state index contributed by atoms with van der Waals surface area (Å²) in [7, 11) is 0. The Morgan fingerprint density at radius 3 is 1.96 bits per heavy atom. The molecule has 0 atom stereocenters. The Hall–Kier alpha value is -4.06. The molecule has 0 bridgehead atoms. The molecule has 0 radical (unpaired) electrons. The third-order valence-corrected chi connectivity index (χ3v) is 4.33. The highest BCUT2D eigenvalue weighted by Gasteiger charge is 2.16. The molecule has 0 N–H and O–H groups in total. The van der Waals surface area contributed by atoms with Crippen molar-refractivity contribution in [1.29, 1.82) is 0 Å². The Labute approximate surface area is 161 Å². The molecule has 0 aliphatic carbocycles. The zero-order valence-corrected chi connectivity index (χ0v) is 14.8. The van der Waals surface area contributed by atoms with Gasteiger partial charge in [-0.15, -0.1) is 10.2 Å². The van der Waals surface area contributed by atoms with Crippen molar-refractivity contribution in [1.82, 2.24) is 30.1 Å². The van der Waals surface area contributed by atoms with Gasteiger partial charge in [0.1, 0.15) is 17.1 Å². The number of benzene rings is 1. The summed E-state index contributed by atoms with van der Waals surface area (Å²) in [6, 6.07) is 23.2. The number of fused-ring (bicyclic) bond motifs is 1. The standard InChI is InChI=1S/C22H14N6/c1-2-8-16-15(7-1)11-12-19(25-16)22-26-20(17-9-3-5-13-23-17)21(27-28-22)18-10-4-6-14-24-18/h1-14H. The third kappa shape index (κ3) is 2.97. The lowest BCUT2D eigenvalue weighted by Crippen LogP contribution is -2.02. The van der Waals surface area contributed by atoms with Gasteiger partial charge in [-0.1, -0.05) is 36.4 Å². The second-order valence-electron chi connectivity index (χ2n) is 6.15. The van der Waals surface area contributed by atoms with E-state index in [1.807, 2.05) is 72.8 Å². The Balaban J connectivity index is 1.70. The predicted molar refractivity (Wildman–Crippen MR) is 107 cm³/mol. The fourth-order valence-electron chi connectivity index (χ4n) is 2.98. The fourth-order valence-corrected chi connectivity index (χ4v) is 2.98. The summed E-state index contributed by atoms with van der Waals surface area (Å²) >= 11 is 0. The van der Waals surface area contributed by atoms with Crippen LogP contribution < -0.4 is 0 Å². The van der Waals surface area contributed by atoms with Crippen molar-refractivity contribution in [2.24, 2.45) is 0 Å². The molecule has 6 nitrogen and oxygen atoms in total. The number of hydrogen-bond donors (Lipinski definition) is 0. The molecule has 0 fully saturated rings. The predicted octanol–water partition coefficient (Wildman–Crippen LogP) is 4.21. The van der Waals surface area contributed by atoms with E-state index in [1.54, 1.807) is 12.4 Å². The lowest BCUT2D eigenvalue weighted by Gasteiger charge is -2.08. The van der Waals surface area contributed by atoms with E-state index < -0.39 is 0 Å². The first-order valence-corrected chi connectivity index (χ1v) is 8.82. The van der Waals surface area contributed by atoms with Crippen LogP contribution >= 0.6 is 0 Å². The van der Waals surface area contributed by atoms with Gasteiger partial charge in [-0.05, 0) is 36.4 Å². The third-order valence-electron chi connectivity index (χ3n) is 4.33. The fraction of sp³-hybridized carbons (Fsp3) is 0. The van der Waals surface area contributed by atoms with Gasteiger partial charge in [0.25, 0.3) is 0 Å². The largest absolute Gasteiger partial charge is 0.255 e. The van der Waals surface area contributed by atoms with Crippen molar-refractivity contribution in [2.45, 2.75) is 0 Å². The SMILES string of the molecule is c1ccc(-c2nnc(-c3ccc4ccccc4n3)nc2-c2ccccn2)nc1. The Kier molecular flexibility index (Phi) is 3.99. The number of rotatable bonds is 3. The Morgan fingerprint density at radius 2 is 1.21 bits per heavy atom. The molecule has 0 aliphatic rings. The molecule has 0 saturated heterocycles. The van der Waals surface area contributed by atoms with E-state index in [9.17, 15) is 0 Å². The number of nitrogens with zero attached hydrogens (tertiary/aromatic N) is 6. The lowest BCUT2D eigenvalue weighted by molar-refractivity contribution is 0.973. The van der Waals surface area contributed by atoms with Crippen molar-refractivity contribution in [3.63, 3.8) is 0 Å². The topological polar surface area (TPSA) is 77.3 Å². The highest BCUT2D eigenvalue weighted by Crippen LogP contribution is 2.27. The van der Waals surface area contributed by atoms with Crippen molar-refractivity contribution >= 4 is 10.9 Å². The maximum atomic E-state index is 4.76. The number of aromatic nitrogens is 6. The van der Waals surface area contributed by atoms with Crippen LogP contribution in [0.2, 0.25) is 0 Å². The molecule has 0 aliphatic heterocycles. The van der Waals surface area contributed by atoms with Crippen molar-refractivity contribution in [3.05, 3.63) is 85.2 Å². The van der Waals surface area contributed by atoms with E-state index in [1.165, 1.54) is 0 Å². The van der Waals surface area contributed by atoms with Gasteiger partial charge in [0.2, 0.25) is 5.82 Å². The van der Waals surface area contributed by atoms with Crippen LogP contribution in [0.4, 0.5) is 0 Å². The van der Waals surface area contributed by atoms with Crippen LogP contribution in [0.3, 0.4) is 0 Å². The Bertz CT molecular complexity index is 1260. The van der Waals surface area contributed by atoms with E-state index in [0.717, 1.165) is 10.9 Å². The van der Waals surface area contributed by atoms with Crippen LogP contribution in [-0.4, -0.2) is 30.1 Å². The Morgan fingerprint density at radius 1 is 0.500 bits per heavy atom. The molecular weight excluding hydrogens is 348 g/mol. The van der Waals surface area contributed by atoms with Gasteiger partial charge < -0.3 is 0 Å². The van der Waals surface area contributed by atoms with Crippen molar-refractivity contribution < 1.29 is 0 Å². The van der Waals surface area contributed by atoms with Crippen LogP contribution in [0.15, 0.2) is 85.2 Å². The highest BCUT2D eigenvalue weighted by atomic mass is 15.2. The molecule has 132 valence electrons. The van der Waals surface area contributed by atoms with Crippen LogP contribution in [0.25, 0.3) is 45.2 Å². The molecule has 28 heavy (non-hydrogen) atoms. The molecular formula is C22H14N6. The minimum absolute atomic E-state index is 0.450. The van der Waals surface area contributed by atoms with E-state index in [4.69, 9.17) is 4.98 Å². The quantitative estimate of drug-likeness (QED) is 0.478. The molecule has 4 aromatic heterocycles. The van der Waals surface area contributed by atoms with E-state index in [0.29, 0.717) is 34.3 Å². The number of hydrogen-bond acceptors (Lipinski definition) is 6. The molecule has 4 heterocycles. The van der Waals surface area contributed by atoms with E-state index >= 15 is 0 Å². The van der Waals surface area contributed by atoms with Gasteiger partial charge in [0, 0.05) is 17.8 Å². The van der Waals surface area contributed by atoms with Gasteiger partial charge in [-0.2, -0.15) is 0 Å². The monoisotopic (exact) mass is 362 g/mol. The second-order valence-corrected chi connectivity index (χ2v) is 6.15. The first-order valence-electron chi connectivity index (χ1n) is 8.82. The summed E-state index contributed by atoms with van der Waals surface area (Å²) in [6.07, 6.45) is 3.45. The number of para-hydroxylation sites is 1. The van der Waals surface area contributed by atoms with Crippen LogP contribution in [-0.2, 0) is 0 Å². The van der Waals surface area contributed by atoms with Gasteiger partial charge in [-0.3, -0.25) is 9.97 Å². The summed E-state index contributed by atoms with van der Waals surface area (Å²) in [6.45, 7) is 0. The van der Waals surface area contributed by atoms with Gasteiger partial charge >= 0.3 is 0 Å². The van der Waals surface area contributed by atoms with Crippen molar-refractivity contribution in [3.8, 4) is 34.3 Å². The molecule has 6 heteroatoms. The molecule has 1 aromatic carbocycles. The average molecular weight is 362 g/mol. The summed E-state index contributed by atoms with van der Waals surface area (Å²) in [5.41, 5.74) is 4.16. The molecule has 5 rings (SSSR count). The van der Waals surface area contributed by atoms with E-state index in [2.05, 4.69) is 25.1 Å². The van der Waals surface area contributed by atoms with Gasteiger partial charge in [0.05, 0.1) is 16.9 Å². The smallest absolute Gasteiger partial charge is 0.201 e. The van der Waals surface area contributed by atoms with Gasteiger partial charge in [0.15, 0.2) is 0 Å². The van der Waals surface area contributed by atoms with Crippen LogP contribution in [0, 0.1) is 0 Å². The highest BCUT2D eigenvalue weighted by molar-refractivity contribution is 5.81. The summed E-state index contributed by atoms with van der Waals surface area (Å²) in [4.78, 5) is 18.3. The van der Waals surface area contributed by atoms with Crippen LogP contribution in [0.1, 0.15) is 0 Å². The average Bonchev–Trinajstić information content (AvgIpc) is 2.79. The molecule has 5 aromatic rings.